The van der Waals surface area contributed by atoms with Gasteiger partial charge in [-0.05, 0) is 83.8 Å². The Hall–Kier alpha value is -5.26. The lowest BCUT2D eigenvalue weighted by Gasteiger charge is -2.21. The van der Waals surface area contributed by atoms with Crippen LogP contribution in [0.4, 0.5) is 4.79 Å². The summed E-state index contributed by atoms with van der Waals surface area (Å²) in [6.07, 6.45) is 4.50. The number of ether oxygens (including phenoxy) is 3. The number of nitrogens with zero attached hydrogens (tertiary/aromatic N) is 5. The molecule has 1 fully saturated rings. The highest BCUT2D eigenvalue weighted by molar-refractivity contribution is 6.02. The van der Waals surface area contributed by atoms with Crippen LogP contribution in [0, 0.1) is 0 Å². The van der Waals surface area contributed by atoms with Gasteiger partial charge in [-0.3, -0.25) is 4.57 Å². The van der Waals surface area contributed by atoms with Crippen molar-refractivity contribution in [2.24, 2.45) is 0 Å². The first-order valence-electron chi connectivity index (χ1n) is 15.2. The SMILES string of the molecule is CCOc1nc2c(Cc3ccc(-c4ccccc4)c(-c4nnn[nH]4)c3)ccc(C(=O)O)c2n1CCOC(=O)OC1CCCCC1. The van der Waals surface area contributed by atoms with Crippen molar-refractivity contribution in [3.8, 4) is 28.5 Å². The zero-order valence-electron chi connectivity index (χ0n) is 24.9. The summed E-state index contributed by atoms with van der Waals surface area (Å²) >= 11 is 0. The monoisotopic (exact) mass is 610 g/mol. The zero-order valence-corrected chi connectivity index (χ0v) is 24.9. The molecule has 2 aromatic heterocycles. The molecule has 0 saturated heterocycles. The fraction of sp³-hybridized carbons (Fsp3) is 0.333. The number of rotatable bonds is 11. The lowest BCUT2D eigenvalue weighted by molar-refractivity contribution is 0.00967. The van der Waals surface area contributed by atoms with Crippen molar-refractivity contribution in [3.05, 3.63) is 77.4 Å². The molecule has 0 spiro atoms. The van der Waals surface area contributed by atoms with E-state index in [2.05, 4.69) is 20.6 Å². The van der Waals surface area contributed by atoms with Crippen molar-refractivity contribution in [1.82, 2.24) is 30.2 Å². The quantitative estimate of drug-likeness (QED) is 0.169. The number of carbonyl (C=O) groups excluding carboxylic acids is 1. The van der Waals surface area contributed by atoms with E-state index < -0.39 is 12.1 Å². The maximum absolute atomic E-state index is 12.4. The highest BCUT2D eigenvalue weighted by Crippen LogP contribution is 2.34. The van der Waals surface area contributed by atoms with Crippen molar-refractivity contribution in [2.45, 2.75) is 58.1 Å². The summed E-state index contributed by atoms with van der Waals surface area (Å²) in [6.45, 7) is 2.26. The highest BCUT2D eigenvalue weighted by atomic mass is 16.7. The molecule has 45 heavy (non-hydrogen) atoms. The summed E-state index contributed by atoms with van der Waals surface area (Å²) in [5.74, 6) is -0.562. The molecule has 6 rings (SSSR count). The zero-order chi connectivity index (χ0) is 31.2. The summed E-state index contributed by atoms with van der Waals surface area (Å²) in [7, 11) is 0. The number of aromatic nitrogens is 6. The number of tetrazole rings is 1. The first kappa shape index (κ1) is 29.8. The third-order valence-electron chi connectivity index (χ3n) is 7.96. The van der Waals surface area contributed by atoms with Gasteiger partial charge < -0.3 is 19.3 Å². The number of imidazole rings is 1. The Bertz CT molecular complexity index is 1780. The van der Waals surface area contributed by atoms with Crippen molar-refractivity contribution in [1.29, 1.82) is 0 Å². The third-order valence-corrected chi connectivity index (χ3v) is 7.96. The maximum Gasteiger partial charge on any atom is 0.508 e. The van der Waals surface area contributed by atoms with E-state index in [1.54, 1.807) is 16.7 Å². The topological polar surface area (TPSA) is 154 Å². The van der Waals surface area contributed by atoms with E-state index in [9.17, 15) is 14.7 Å². The van der Waals surface area contributed by atoms with Crippen LogP contribution in [0.1, 0.15) is 60.5 Å². The van der Waals surface area contributed by atoms with Crippen LogP contribution in [0.3, 0.4) is 0 Å². The molecule has 0 bridgehead atoms. The van der Waals surface area contributed by atoms with E-state index in [0.29, 0.717) is 29.9 Å². The van der Waals surface area contributed by atoms with Gasteiger partial charge in [0.1, 0.15) is 12.7 Å². The van der Waals surface area contributed by atoms with Crippen LogP contribution in [0.25, 0.3) is 33.5 Å². The molecule has 2 N–H and O–H groups in total. The first-order valence-corrected chi connectivity index (χ1v) is 15.2. The number of nitrogens with one attached hydrogen (secondary N) is 1. The molecule has 0 radical (unpaired) electrons. The Morgan fingerprint density at radius 3 is 2.58 bits per heavy atom. The predicted octanol–water partition coefficient (Wildman–Crippen LogP) is 6.06. The lowest BCUT2D eigenvalue weighted by Crippen LogP contribution is -2.22. The summed E-state index contributed by atoms with van der Waals surface area (Å²) in [4.78, 5) is 29.4. The van der Waals surface area contributed by atoms with E-state index in [1.165, 1.54) is 0 Å². The van der Waals surface area contributed by atoms with Crippen molar-refractivity contribution in [3.63, 3.8) is 0 Å². The molecular weight excluding hydrogens is 576 g/mol. The first-order chi connectivity index (χ1) is 22.0. The summed E-state index contributed by atoms with van der Waals surface area (Å²) < 4.78 is 18.4. The fourth-order valence-electron chi connectivity index (χ4n) is 5.87. The largest absolute Gasteiger partial charge is 0.508 e. The van der Waals surface area contributed by atoms with Crippen LogP contribution < -0.4 is 4.74 Å². The lowest BCUT2D eigenvalue weighted by atomic mass is 9.94. The second-order valence-electron chi connectivity index (χ2n) is 10.9. The van der Waals surface area contributed by atoms with E-state index in [1.807, 2.05) is 55.5 Å². The minimum absolute atomic E-state index is 0.0318. The Morgan fingerprint density at radius 2 is 1.84 bits per heavy atom. The summed E-state index contributed by atoms with van der Waals surface area (Å²) in [5.41, 5.74) is 5.55. The van der Waals surface area contributed by atoms with Gasteiger partial charge in [-0.1, -0.05) is 55.0 Å². The van der Waals surface area contributed by atoms with Crippen LogP contribution in [-0.2, 0) is 22.4 Å². The number of carboxylic acids is 1. The molecule has 0 amide bonds. The predicted molar refractivity (Wildman–Crippen MR) is 165 cm³/mol. The molecule has 0 unspecified atom stereocenters. The molecule has 0 aliphatic heterocycles. The average molecular weight is 611 g/mol. The molecule has 1 saturated carbocycles. The van der Waals surface area contributed by atoms with E-state index in [0.717, 1.165) is 59.9 Å². The number of hydrogen-bond acceptors (Lipinski definition) is 9. The fourth-order valence-corrected chi connectivity index (χ4v) is 5.87. The van der Waals surface area contributed by atoms with Gasteiger partial charge in [-0.2, -0.15) is 4.98 Å². The Morgan fingerprint density at radius 1 is 1.02 bits per heavy atom. The van der Waals surface area contributed by atoms with Gasteiger partial charge in [-0.15, -0.1) is 5.10 Å². The second-order valence-corrected chi connectivity index (χ2v) is 10.9. The maximum atomic E-state index is 12.4. The van der Waals surface area contributed by atoms with Gasteiger partial charge in [0.15, 0.2) is 5.82 Å². The van der Waals surface area contributed by atoms with Crippen LogP contribution >= 0.6 is 0 Å². The number of aromatic carboxylic acids is 1. The summed E-state index contributed by atoms with van der Waals surface area (Å²) in [5, 5.41) is 24.6. The molecule has 12 nitrogen and oxygen atoms in total. The highest BCUT2D eigenvalue weighted by Gasteiger charge is 2.23. The number of carboxylic acid groups (broad SMARTS) is 1. The minimum atomic E-state index is -1.10. The molecule has 232 valence electrons. The van der Waals surface area contributed by atoms with Crippen LogP contribution in [-0.4, -0.2) is 66.7 Å². The minimum Gasteiger partial charge on any atom is -0.478 e. The average Bonchev–Trinajstić information content (AvgIpc) is 3.72. The summed E-state index contributed by atoms with van der Waals surface area (Å²) in [6, 6.07) is 19.6. The molecule has 1 aliphatic rings. The second kappa shape index (κ2) is 13.6. The van der Waals surface area contributed by atoms with E-state index in [-0.39, 0.29) is 30.8 Å². The van der Waals surface area contributed by atoms with Gasteiger partial charge in [0, 0.05) is 5.56 Å². The Kier molecular flexibility index (Phi) is 8.99. The standard InChI is InChI=1S/C33H34N6O6/c1-2-43-32-34-28-23(19-21-13-15-25(22-9-5-3-6-10-22)27(20-21)30-35-37-38-36-30)14-16-26(31(40)41)29(28)39(32)17-18-44-33(42)45-24-11-7-4-8-12-24/h3,5-6,9-10,13-16,20,24H,2,4,7-8,11-12,17-19H2,1H3,(H,40,41)(H,35,36,37,38). The Balaban J connectivity index is 1.31. The van der Waals surface area contributed by atoms with E-state index >= 15 is 0 Å². The Labute approximate surface area is 259 Å². The van der Waals surface area contributed by atoms with Crippen molar-refractivity contribution < 1.29 is 28.9 Å². The number of H-pyrrole nitrogens is 1. The van der Waals surface area contributed by atoms with Crippen molar-refractivity contribution >= 4 is 23.2 Å². The van der Waals surface area contributed by atoms with Gasteiger partial charge in [0.05, 0.1) is 29.7 Å². The molecule has 0 atom stereocenters. The number of carbonyl (C=O) groups is 2. The third kappa shape index (κ3) is 6.64. The van der Waals surface area contributed by atoms with Crippen LogP contribution in [0.2, 0.25) is 0 Å². The number of fused-ring (bicyclic) bond motifs is 1. The molecule has 2 heterocycles. The molecular formula is C33H34N6O6. The number of benzene rings is 3. The van der Waals surface area contributed by atoms with Gasteiger partial charge in [-0.25, -0.2) is 14.7 Å². The molecule has 12 heteroatoms. The normalized spacial score (nSPS) is 13.5. The van der Waals surface area contributed by atoms with Crippen LogP contribution in [0.5, 0.6) is 6.01 Å². The number of aromatic amines is 1. The smallest absolute Gasteiger partial charge is 0.478 e. The number of hydrogen-bond donors (Lipinski definition) is 2. The van der Waals surface area contributed by atoms with Gasteiger partial charge in [0.25, 0.3) is 6.01 Å². The molecule has 3 aromatic carbocycles. The van der Waals surface area contributed by atoms with Crippen LogP contribution in [0.15, 0.2) is 60.7 Å². The van der Waals surface area contributed by atoms with Gasteiger partial charge >= 0.3 is 12.1 Å². The molecule has 5 aromatic rings. The molecule has 1 aliphatic carbocycles. The van der Waals surface area contributed by atoms with Gasteiger partial charge in [0.2, 0.25) is 0 Å². The van der Waals surface area contributed by atoms with Crippen molar-refractivity contribution in [2.75, 3.05) is 13.2 Å². The van der Waals surface area contributed by atoms with E-state index in [4.69, 9.17) is 19.2 Å².